The van der Waals surface area contributed by atoms with Crippen molar-refractivity contribution in [3.05, 3.63) is 17.6 Å². The minimum atomic E-state index is 0.628. The zero-order chi connectivity index (χ0) is 15.8. The standard InChI is InChI=1S/C17H26N6/c1-13-11-16(21-8-5-6-9-21)23-17(18-13)19-15(20-23)12-22-10-4-3-7-14(22)2/h11,14H,3-10,12H2,1-2H3/t14-/m1/s1. The number of rotatable bonds is 3. The van der Waals surface area contributed by atoms with Crippen LogP contribution in [-0.4, -0.2) is 50.2 Å². The van der Waals surface area contributed by atoms with Gasteiger partial charge in [-0.25, -0.2) is 4.98 Å². The van der Waals surface area contributed by atoms with Crippen LogP contribution in [0, 0.1) is 6.92 Å². The number of aromatic nitrogens is 4. The van der Waals surface area contributed by atoms with Gasteiger partial charge >= 0.3 is 0 Å². The fourth-order valence-corrected chi connectivity index (χ4v) is 3.82. The van der Waals surface area contributed by atoms with Crippen LogP contribution in [0.1, 0.15) is 50.5 Å². The van der Waals surface area contributed by atoms with Gasteiger partial charge in [0.05, 0.1) is 6.54 Å². The lowest BCUT2D eigenvalue weighted by molar-refractivity contribution is 0.149. The van der Waals surface area contributed by atoms with E-state index >= 15 is 0 Å². The fourth-order valence-electron chi connectivity index (χ4n) is 3.82. The monoisotopic (exact) mass is 314 g/mol. The van der Waals surface area contributed by atoms with Crippen LogP contribution in [0.5, 0.6) is 0 Å². The molecule has 2 aromatic rings. The molecule has 0 bridgehead atoms. The van der Waals surface area contributed by atoms with E-state index in [0.29, 0.717) is 6.04 Å². The Hall–Kier alpha value is -1.69. The summed E-state index contributed by atoms with van der Waals surface area (Å²) in [4.78, 5) is 14.2. The molecule has 1 atom stereocenters. The Balaban J connectivity index is 1.65. The van der Waals surface area contributed by atoms with Crippen LogP contribution >= 0.6 is 0 Å². The van der Waals surface area contributed by atoms with Gasteiger partial charge in [0, 0.05) is 30.9 Å². The average Bonchev–Trinajstić information content (AvgIpc) is 3.18. The van der Waals surface area contributed by atoms with Gasteiger partial charge in [-0.2, -0.15) is 9.50 Å². The molecule has 6 nitrogen and oxygen atoms in total. The first kappa shape index (κ1) is 14.9. The summed E-state index contributed by atoms with van der Waals surface area (Å²) in [6, 6.07) is 2.77. The first-order valence-corrected chi connectivity index (χ1v) is 8.93. The summed E-state index contributed by atoms with van der Waals surface area (Å²) >= 11 is 0. The molecule has 0 saturated carbocycles. The zero-order valence-electron chi connectivity index (χ0n) is 14.2. The van der Waals surface area contributed by atoms with Crippen molar-refractivity contribution in [3.8, 4) is 0 Å². The molecule has 2 saturated heterocycles. The SMILES string of the molecule is Cc1cc(N2CCCC2)n2nc(CN3CCCC[C@H]3C)nc2n1. The van der Waals surface area contributed by atoms with Crippen LogP contribution in [-0.2, 0) is 6.54 Å². The molecular weight excluding hydrogens is 288 g/mol. The van der Waals surface area contributed by atoms with Crippen LogP contribution in [0.4, 0.5) is 5.82 Å². The van der Waals surface area contributed by atoms with Gasteiger partial charge in [-0.15, -0.1) is 5.10 Å². The van der Waals surface area contributed by atoms with Gasteiger partial charge in [-0.05, 0) is 46.1 Å². The van der Waals surface area contributed by atoms with E-state index in [0.717, 1.165) is 49.3 Å². The van der Waals surface area contributed by atoms with Crippen molar-refractivity contribution in [3.63, 3.8) is 0 Å². The molecule has 0 aromatic carbocycles. The zero-order valence-corrected chi connectivity index (χ0v) is 14.2. The molecular formula is C17H26N6. The summed E-state index contributed by atoms with van der Waals surface area (Å²) in [5.41, 5.74) is 1.02. The number of piperidine rings is 1. The van der Waals surface area contributed by atoms with Crippen molar-refractivity contribution in [2.24, 2.45) is 0 Å². The first-order valence-electron chi connectivity index (χ1n) is 8.93. The van der Waals surface area contributed by atoms with Gasteiger partial charge in [0.1, 0.15) is 5.82 Å². The summed E-state index contributed by atoms with van der Waals surface area (Å²) in [5.74, 6) is 2.79. The van der Waals surface area contributed by atoms with E-state index < -0.39 is 0 Å². The Morgan fingerprint density at radius 1 is 1.09 bits per heavy atom. The second-order valence-electron chi connectivity index (χ2n) is 7.00. The molecule has 6 heteroatoms. The molecule has 2 aliphatic rings. The van der Waals surface area contributed by atoms with E-state index in [-0.39, 0.29) is 0 Å². The lowest BCUT2D eigenvalue weighted by Crippen LogP contribution is -2.37. The minimum Gasteiger partial charge on any atom is -0.356 e. The molecule has 4 rings (SSSR count). The summed E-state index contributed by atoms with van der Waals surface area (Å²) in [7, 11) is 0. The molecule has 0 N–H and O–H groups in total. The molecule has 0 spiro atoms. The minimum absolute atomic E-state index is 0.628. The normalized spacial score (nSPS) is 23.0. The van der Waals surface area contributed by atoms with Crippen LogP contribution < -0.4 is 4.90 Å². The van der Waals surface area contributed by atoms with Crippen LogP contribution in [0.15, 0.2) is 6.07 Å². The molecule has 0 aliphatic carbocycles. The van der Waals surface area contributed by atoms with Crippen molar-refractivity contribution >= 4 is 11.6 Å². The number of hydrogen-bond donors (Lipinski definition) is 0. The predicted molar refractivity (Wildman–Crippen MR) is 90.7 cm³/mol. The second-order valence-corrected chi connectivity index (χ2v) is 7.00. The summed E-state index contributed by atoms with van der Waals surface area (Å²) in [6.45, 7) is 8.56. The number of likely N-dealkylation sites (tertiary alicyclic amines) is 1. The van der Waals surface area contributed by atoms with Gasteiger partial charge < -0.3 is 4.90 Å². The number of nitrogens with zero attached hydrogens (tertiary/aromatic N) is 6. The van der Waals surface area contributed by atoms with E-state index in [1.165, 1.54) is 32.1 Å². The number of anilines is 1. The quantitative estimate of drug-likeness (QED) is 0.871. The molecule has 2 fully saturated rings. The van der Waals surface area contributed by atoms with Crippen molar-refractivity contribution < 1.29 is 0 Å². The topological polar surface area (TPSA) is 49.6 Å². The number of fused-ring (bicyclic) bond motifs is 1. The first-order chi connectivity index (χ1) is 11.2. The highest BCUT2D eigenvalue weighted by molar-refractivity contribution is 5.48. The highest BCUT2D eigenvalue weighted by Crippen LogP contribution is 2.22. The third-order valence-corrected chi connectivity index (χ3v) is 5.18. The van der Waals surface area contributed by atoms with Gasteiger partial charge in [0.15, 0.2) is 5.82 Å². The van der Waals surface area contributed by atoms with Gasteiger partial charge in [0.25, 0.3) is 5.78 Å². The Labute approximate surface area is 137 Å². The maximum atomic E-state index is 4.79. The number of aryl methyl sites for hydroxylation is 1. The maximum Gasteiger partial charge on any atom is 0.254 e. The van der Waals surface area contributed by atoms with Gasteiger partial charge in [-0.3, -0.25) is 4.90 Å². The molecule has 0 amide bonds. The highest BCUT2D eigenvalue weighted by Gasteiger charge is 2.22. The number of hydrogen-bond acceptors (Lipinski definition) is 5. The Morgan fingerprint density at radius 2 is 1.87 bits per heavy atom. The van der Waals surface area contributed by atoms with Crippen molar-refractivity contribution in [1.29, 1.82) is 0 Å². The molecule has 2 aliphatic heterocycles. The van der Waals surface area contributed by atoms with Gasteiger partial charge in [-0.1, -0.05) is 6.42 Å². The molecule has 0 radical (unpaired) electrons. The molecule has 4 heterocycles. The molecule has 2 aromatic heterocycles. The molecule has 23 heavy (non-hydrogen) atoms. The highest BCUT2D eigenvalue weighted by atomic mass is 15.4. The van der Waals surface area contributed by atoms with E-state index in [1.54, 1.807) is 0 Å². The third-order valence-electron chi connectivity index (χ3n) is 5.18. The van der Waals surface area contributed by atoms with Gasteiger partial charge in [0.2, 0.25) is 0 Å². The van der Waals surface area contributed by atoms with E-state index in [1.807, 2.05) is 11.4 Å². The maximum absolute atomic E-state index is 4.79. The fraction of sp³-hybridized carbons (Fsp3) is 0.706. The van der Waals surface area contributed by atoms with Crippen LogP contribution in [0.25, 0.3) is 5.78 Å². The van der Waals surface area contributed by atoms with E-state index in [4.69, 9.17) is 10.1 Å². The summed E-state index contributed by atoms with van der Waals surface area (Å²) < 4.78 is 1.95. The Morgan fingerprint density at radius 3 is 2.65 bits per heavy atom. The molecule has 0 unspecified atom stereocenters. The van der Waals surface area contributed by atoms with E-state index in [9.17, 15) is 0 Å². The van der Waals surface area contributed by atoms with Crippen LogP contribution in [0.2, 0.25) is 0 Å². The smallest absolute Gasteiger partial charge is 0.254 e. The Bertz CT molecular complexity index is 688. The predicted octanol–water partition coefficient (Wildman–Crippen LogP) is 2.41. The van der Waals surface area contributed by atoms with Crippen molar-refractivity contribution in [2.75, 3.05) is 24.5 Å². The lowest BCUT2D eigenvalue weighted by atomic mass is 10.0. The second kappa shape index (κ2) is 6.07. The third kappa shape index (κ3) is 2.92. The van der Waals surface area contributed by atoms with E-state index in [2.05, 4.69) is 27.8 Å². The largest absolute Gasteiger partial charge is 0.356 e. The average molecular weight is 314 g/mol. The lowest BCUT2D eigenvalue weighted by Gasteiger charge is -2.32. The Kier molecular flexibility index (Phi) is 3.93. The van der Waals surface area contributed by atoms with Crippen molar-refractivity contribution in [2.45, 2.75) is 58.5 Å². The molecule has 124 valence electrons. The summed E-state index contributed by atoms with van der Waals surface area (Å²) in [5, 5.41) is 4.79. The summed E-state index contributed by atoms with van der Waals surface area (Å²) in [6.07, 6.45) is 6.43. The van der Waals surface area contributed by atoms with Crippen molar-refractivity contribution in [1.82, 2.24) is 24.5 Å². The van der Waals surface area contributed by atoms with Crippen LogP contribution in [0.3, 0.4) is 0 Å².